The number of amides is 1. The monoisotopic (exact) mass is 299 g/mol. The number of carbonyl (C=O) groups excluding carboxylic acids is 1. The van der Waals surface area contributed by atoms with Crippen LogP contribution in [0.15, 0.2) is 29.2 Å². The molecule has 1 amide bonds. The molecular weight excluding hydrogens is 282 g/mol. The van der Waals surface area contributed by atoms with Gasteiger partial charge < -0.3 is 10.0 Å². The predicted molar refractivity (Wildman–Crippen MR) is 78.6 cm³/mol. The normalized spacial score (nSPS) is 18.8. The molecule has 5 heteroatoms. The highest BCUT2D eigenvalue weighted by Gasteiger charge is 2.27. The van der Waals surface area contributed by atoms with Gasteiger partial charge >= 0.3 is 0 Å². The molecule has 1 aliphatic heterocycles. The molecule has 3 nitrogen and oxygen atoms in total. The Balaban J connectivity index is 1.76. The fourth-order valence-electron chi connectivity index (χ4n) is 2.28. The van der Waals surface area contributed by atoms with Crippen LogP contribution in [-0.2, 0) is 4.79 Å². The molecule has 0 saturated carbocycles. The number of rotatable bonds is 5. The van der Waals surface area contributed by atoms with E-state index in [1.54, 1.807) is 11.8 Å². The molecule has 0 unspecified atom stereocenters. The number of benzene rings is 1. The standard InChI is InChI=1S/C14H18ClNO2S/c15-11-3-5-13(6-4-11)19-9-7-14(18)16-8-1-2-12(16)10-17/h3-6,12,17H,1-2,7-10H2/t12-/m1/s1. The maximum Gasteiger partial charge on any atom is 0.223 e. The first-order chi connectivity index (χ1) is 9.20. The fourth-order valence-corrected chi connectivity index (χ4v) is 3.25. The minimum absolute atomic E-state index is 0.0352. The van der Waals surface area contributed by atoms with Gasteiger partial charge in [-0.25, -0.2) is 0 Å². The van der Waals surface area contributed by atoms with Crippen LogP contribution in [0.5, 0.6) is 0 Å². The average molecular weight is 300 g/mol. The Kier molecular flexibility index (Phi) is 5.55. The maximum atomic E-state index is 12.0. The summed E-state index contributed by atoms with van der Waals surface area (Å²) in [4.78, 5) is 15.0. The van der Waals surface area contributed by atoms with Crippen molar-refractivity contribution in [2.24, 2.45) is 0 Å². The van der Waals surface area contributed by atoms with E-state index in [0.29, 0.717) is 6.42 Å². The summed E-state index contributed by atoms with van der Waals surface area (Å²) < 4.78 is 0. The van der Waals surface area contributed by atoms with E-state index >= 15 is 0 Å². The quantitative estimate of drug-likeness (QED) is 0.850. The van der Waals surface area contributed by atoms with Gasteiger partial charge in [0.1, 0.15) is 0 Å². The minimum Gasteiger partial charge on any atom is -0.394 e. The van der Waals surface area contributed by atoms with E-state index in [1.165, 1.54) is 0 Å². The smallest absolute Gasteiger partial charge is 0.223 e. The van der Waals surface area contributed by atoms with Crippen LogP contribution < -0.4 is 0 Å². The highest BCUT2D eigenvalue weighted by Crippen LogP contribution is 2.23. The number of nitrogens with zero attached hydrogens (tertiary/aromatic N) is 1. The largest absolute Gasteiger partial charge is 0.394 e. The first-order valence-corrected chi connectivity index (χ1v) is 7.86. The van der Waals surface area contributed by atoms with E-state index in [9.17, 15) is 9.90 Å². The molecule has 0 aliphatic carbocycles. The fraction of sp³-hybridized carbons (Fsp3) is 0.500. The molecule has 1 aromatic rings. The Morgan fingerprint density at radius 3 is 2.84 bits per heavy atom. The van der Waals surface area contributed by atoms with E-state index < -0.39 is 0 Å². The summed E-state index contributed by atoms with van der Waals surface area (Å²) in [6.45, 7) is 0.867. The molecule has 19 heavy (non-hydrogen) atoms. The van der Waals surface area contributed by atoms with Crippen molar-refractivity contribution >= 4 is 29.3 Å². The van der Waals surface area contributed by atoms with E-state index in [-0.39, 0.29) is 18.6 Å². The van der Waals surface area contributed by atoms with Crippen molar-refractivity contribution in [2.75, 3.05) is 18.9 Å². The minimum atomic E-state index is 0.0352. The highest BCUT2D eigenvalue weighted by molar-refractivity contribution is 7.99. The van der Waals surface area contributed by atoms with E-state index in [1.807, 2.05) is 29.2 Å². The summed E-state index contributed by atoms with van der Waals surface area (Å²) in [7, 11) is 0. The lowest BCUT2D eigenvalue weighted by molar-refractivity contribution is -0.132. The summed E-state index contributed by atoms with van der Waals surface area (Å²) in [6.07, 6.45) is 2.44. The van der Waals surface area contributed by atoms with Gasteiger partial charge in [-0.2, -0.15) is 0 Å². The van der Waals surface area contributed by atoms with Crippen molar-refractivity contribution in [3.63, 3.8) is 0 Å². The lowest BCUT2D eigenvalue weighted by Crippen LogP contribution is -2.37. The van der Waals surface area contributed by atoms with E-state index in [2.05, 4.69) is 0 Å². The third-order valence-corrected chi connectivity index (χ3v) is 4.57. The second-order valence-electron chi connectivity index (χ2n) is 4.62. The van der Waals surface area contributed by atoms with Crippen molar-refractivity contribution in [1.82, 2.24) is 4.90 Å². The van der Waals surface area contributed by atoms with Gasteiger partial charge in [-0.15, -0.1) is 11.8 Å². The predicted octanol–water partition coefficient (Wildman–Crippen LogP) is 2.81. The van der Waals surface area contributed by atoms with Crippen LogP contribution in [0.2, 0.25) is 5.02 Å². The van der Waals surface area contributed by atoms with Crippen molar-refractivity contribution < 1.29 is 9.90 Å². The van der Waals surface area contributed by atoms with Crippen molar-refractivity contribution in [2.45, 2.75) is 30.2 Å². The van der Waals surface area contributed by atoms with Gasteiger partial charge in [0.05, 0.1) is 12.6 Å². The molecule has 1 saturated heterocycles. The second kappa shape index (κ2) is 7.17. The molecule has 1 atom stereocenters. The molecule has 0 spiro atoms. The first-order valence-electron chi connectivity index (χ1n) is 6.49. The molecule has 1 fully saturated rings. The molecule has 0 bridgehead atoms. The lowest BCUT2D eigenvalue weighted by Gasteiger charge is -2.22. The molecular formula is C14H18ClNO2S. The van der Waals surface area contributed by atoms with Crippen molar-refractivity contribution in [1.29, 1.82) is 0 Å². The summed E-state index contributed by atoms with van der Waals surface area (Å²) in [6, 6.07) is 7.67. The second-order valence-corrected chi connectivity index (χ2v) is 6.22. The SMILES string of the molecule is O=C(CCSc1ccc(Cl)cc1)N1CCC[C@@H]1CO. The zero-order valence-electron chi connectivity index (χ0n) is 10.7. The molecule has 1 heterocycles. The van der Waals surface area contributed by atoms with Crippen LogP contribution in [0.4, 0.5) is 0 Å². The summed E-state index contributed by atoms with van der Waals surface area (Å²) >= 11 is 7.48. The number of aliphatic hydroxyl groups is 1. The number of aliphatic hydroxyl groups excluding tert-OH is 1. The number of likely N-dealkylation sites (tertiary alicyclic amines) is 1. The van der Waals surface area contributed by atoms with Crippen LogP contribution >= 0.6 is 23.4 Å². The van der Waals surface area contributed by atoms with Crippen LogP contribution in [-0.4, -0.2) is 40.9 Å². The highest BCUT2D eigenvalue weighted by atomic mass is 35.5. The van der Waals surface area contributed by atoms with E-state index in [0.717, 1.165) is 35.1 Å². The summed E-state index contributed by atoms with van der Waals surface area (Å²) in [5, 5.41) is 9.93. The van der Waals surface area contributed by atoms with Crippen LogP contribution in [0.25, 0.3) is 0 Å². The molecule has 0 radical (unpaired) electrons. The molecule has 104 valence electrons. The molecule has 2 rings (SSSR count). The molecule has 1 aromatic carbocycles. The van der Waals surface area contributed by atoms with Gasteiger partial charge in [0, 0.05) is 28.6 Å². The van der Waals surface area contributed by atoms with Crippen LogP contribution in [0.3, 0.4) is 0 Å². The molecule has 1 aliphatic rings. The lowest BCUT2D eigenvalue weighted by atomic mass is 10.2. The van der Waals surface area contributed by atoms with Gasteiger partial charge in [0.2, 0.25) is 5.91 Å². The van der Waals surface area contributed by atoms with Gasteiger partial charge in [0.15, 0.2) is 0 Å². The number of thioether (sulfide) groups is 1. The Morgan fingerprint density at radius 1 is 1.42 bits per heavy atom. The Labute approximate surface area is 122 Å². The summed E-state index contributed by atoms with van der Waals surface area (Å²) in [5.74, 6) is 0.910. The number of hydrogen-bond donors (Lipinski definition) is 1. The molecule has 0 aromatic heterocycles. The molecule has 1 N–H and O–H groups in total. The van der Waals surface area contributed by atoms with Gasteiger partial charge in [-0.05, 0) is 37.1 Å². The van der Waals surface area contributed by atoms with Crippen LogP contribution in [0, 0.1) is 0 Å². The van der Waals surface area contributed by atoms with Gasteiger partial charge in [-0.3, -0.25) is 4.79 Å². The van der Waals surface area contributed by atoms with Crippen LogP contribution in [0.1, 0.15) is 19.3 Å². The van der Waals surface area contributed by atoms with Crippen molar-refractivity contribution in [3.8, 4) is 0 Å². The first kappa shape index (κ1) is 14.7. The van der Waals surface area contributed by atoms with Crippen molar-refractivity contribution in [3.05, 3.63) is 29.3 Å². The average Bonchev–Trinajstić information content (AvgIpc) is 2.89. The third kappa shape index (κ3) is 4.13. The maximum absolute atomic E-state index is 12.0. The number of hydrogen-bond acceptors (Lipinski definition) is 3. The Morgan fingerprint density at radius 2 is 2.16 bits per heavy atom. The number of carbonyl (C=O) groups is 1. The zero-order valence-corrected chi connectivity index (χ0v) is 12.3. The topological polar surface area (TPSA) is 40.5 Å². The third-order valence-electron chi connectivity index (χ3n) is 3.31. The van der Waals surface area contributed by atoms with Gasteiger partial charge in [0.25, 0.3) is 0 Å². The zero-order chi connectivity index (χ0) is 13.7. The summed E-state index contributed by atoms with van der Waals surface area (Å²) in [5.41, 5.74) is 0. The van der Waals surface area contributed by atoms with Gasteiger partial charge in [-0.1, -0.05) is 11.6 Å². The van der Waals surface area contributed by atoms with E-state index in [4.69, 9.17) is 11.6 Å². The Bertz CT molecular complexity index is 424. The Hall–Kier alpha value is -0.710. The number of halogens is 1.